The number of benzene rings is 2. The molecule has 4 atom stereocenters. The van der Waals surface area contributed by atoms with Gasteiger partial charge in [0.1, 0.15) is 18.7 Å². The van der Waals surface area contributed by atoms with Crippen LogP contribution in [0.25, 0.3) is 11.1 Å². The Morgan fingerprint density at radius 2 is 1.68 bits per heavy atom. The lowest BCUT2D eigenvalue weighted by Gasteiger charge is -2.30. The molecule has 4 rings (SSSR count). The van der Waals surface area contributed by atoms with Gasteiger partial charge in [-0.25, -0.2) is 9.59 Å². The summed E-state index contributed by atoms with van der Waals surface area (Å²) in [7, 11) is 0. The van der Waals surface area contributed by atoms with Gasteiger partial charge in [0, 0.05) is 18.9 Å². The zero-order valence-corrected chi connectivity index (χ0v) is 19.3. The molecule has 0 spiro atoms. The molecule has 8 nitrogen and oxygen atoms in total. The number of likely N-dealkylation sites (tertiary alicyclic amines) is 1. The second-order valence-corrected chi connectivity index (χ2v) is 9.07. The highest BCUT2D eigenvalue weighted by molar-refractivity contribution is 5.90. The zero-order valence-electron chi connectivity index (χ0n) is 19.3. The second-order valence-electron chi connectivity index (χ2n) is 9.07. The summed E-state index contributed by atoms with van der Waals surface area (Å²) < 4.78 is 5.59. The number of β-amino-alcohol motifs (C(OH)–C–C–N with tert-alkyl or cyclic N) is 1. The monoisotopic (exact) mass is 466 g/mol. The van der Waals surface area contributed by atoms with E-state index in [9.17, 15) is 24.6 Å². The van der Waals surface area contributed by atoms with E-state index in [1.165, 1.54) is 0 Å². The van der Waals surface area contributed by atoms with Crippen molar-refractivity contribution >= 4 is 18.0 Å². The number of aliphatic hydroxyl groups is 1. The Morgan fingerprint density at radius 3 is 2.24 bits per heavy atom. The number of alkyl carbamates (subject to hydrolysis) is 1. The number of carbonyl (C=O) groups excluding carboxylic acids is 2. The Balaban J connectivity index is 1.46. The molecule has 3 unspecified atom stereocenters. The van der Waals surface area contributed by atoms with Crippen molar-refractivity contribution in [2.75, 3.05) is 13.2 Å². The fourth-order valence-corrected chi connectivity index (χ4v) is 4.92. The summed E-state index contributed by atoms with van der Waals surface area (Å²) in [5.74, 6) is -2.05. The van der Waals surface area contributed by atoms with Crippen molar-refractivity contribution in [3.05, 3.63) is 59.7 Å². The predicted octanol–water partition coefficient (Wildman–Crippen LogP) is 2.99. The van der Waals surface area contributed by atoms with Gasteiger partial charge in [-0.1, -0.05) is 68.8 Å². The normalized spacial score (nSPS) is 20.9. The number of nitrogens with zero attached hydrogens (tertiary/aromatic N) is 1. The van der Waals surface area contributed by atoms with Crippen LogP contribution in [0.2, 0.25) is 0 Å². The predicted molar refractivity (Wildman–Crippen MR) is 125 cm³/mol. The number of hydrogen-bond acceptors (Lipinski definition) is 5. The molecule has 0 aromatic heterocycles. The van der Waals surface area contributed by atoms with Gasteiger partial charge in [-0.3, -0.25) is 4.79 Å². The molecule has 0 bridgehead atoms. The van der Waals surface area contributed by atoms with Gasteiger partial charge in [0.05, 0.1) is 6.10 Å². The van der Waals surface area contributed by atoms with Crippen molar-refractivity contribution in [3.63, 3.8) is 0 Å². The fourth-order valence-electron chi connectivity index (χ4n) is 4.92. The maximum absolute atomic E-state index is 13.2. The number of carboxylic acid groups (broad SMARTS) is 1. The molecule has 0 radical (unpaired) electrons. The molecule has 1 aliphatic carbocycles. The molecule has 1 heterocycles. The molecule has 3 N–H and O–H groups in total. The Morgan fingerprint density at radius 1 is 1.09 bits per heavy atom. The first-order chi connectivity index (χ1) is 16.3. The van der Waals surface area contributed by atoms with Crippen LogP contribution in [0.1, 0.15) is 43.7 Å². The number of amides is 2. The minimum absolute atomic E-state index is 0.0285. The maximum atomic E-state index is 13.2. The standard InChI is InChI=1S/C26H30N2O6/c1-3-15(2)23(24(30)28-13-16(29)12-22(28)25(31)32)27-26(33)34-14-21-19-10-6-4-8-17(19)18-9-5-7-11-20(18)21/h4-11,15-16,21-23,29H,3,12-14H2,1-2H3,(H,27,33)(H,31,32)/t15?,16?,22?,23-/m0/s1. The van der Waals surface area contributed by atoms with Gasteiger partial charge in [-0.05, 0) is 28.2 Å². The van der Waals surface area contributed by atoms with Crippen LogP contribution in [0, 0.1) is 5.92 Å². The van der Waals surface area contributed by atoms with Gasteiger partial charge in [0.2, 0.25) is 5.91 Å². The number of nitrogens with one attached hydrogen (secondary N) is 1. The highest BCUT2D eigenvalue weighted by Crippen LogP contribution is 2.44. The number of carboxylic acids is 1. The minimum atomic E-state index is -1.17. The van der Waals surface area contributed by atoms with Crippen LogP contribution in [0.5, 0.6) is 0 Å². The Kier molecular flexibility index (Phi) is 6.88. The molecule has 0 saturated carbocycles. The molecular weight excluding hydrogens is 436 g/mol. The number of aliphatic carboxylic acids is 1. The first-order valence-electron chi connectivity index (χ1n) is 11.6. The molecule has 2 amide bonds. The highest BCUT2D eigenvalue weighted by Gasteiger charge is 2.42. The third-order valence-corrected chi connectivity index (χ3v) is 6.94. The average Bonchev–Trinajstić information content (AvgIpc) is 3.38. The highest BCUT2D eigenvalue weighted by atomic mass is 16.5. The molecule has 180 valence electrons. The molecule has 1 fully saturated rings. The first kappa shape index (κ1) is 23.8. The second kappa shape index (κ2) is 9.85. The molecule has 2 aromatic rings. The molecule has 34 heavy (non-hydrogen) atoms. The van der Waals surface area contributed by atoms with Gasteiger partial charge >= 0.3 is 12.1 Å². The summed E-state index contributed by atoms with van der Waals surface area (Å²) in [5, 5.41) is 22.0. The van der Waals surface area contributed by atoms with Gasteiger partial charge in [-0.15, -0.1) is 0 Å². The van der Waals surface area contributed by atoms with E-state index in [1.807, 2.05) is 50.2 Å². The summed E-state index contributed by atoms with van der Waals surface area (Å²) in [5.41, 5.74) is 4.40. The van der Waals surface area contributed by atoms with E-state index >= 15 is 0 Å². The van der Waals surface area contributed by atoms with Crippen LogP contribution < -0.4 is 5.32 Å². The van der Waals surface area contributed by atoms with Crippen molar-refractivity contribution in [1.29, 1.82) is 0 Å². The quantitative estimate of drug-likeness (QED) is 0.578. The summed E-state index contributed by atoms with van der Waals surface area (Å²) in [4.78, 5) is 38.7. The number of rotatable bonds is 7. The molecule has 1 aliphatic heterocycles. The van der Waals surface area contributed by atoms with E-state index in [4.69, 9.17) is 4.74 Å². The van der Waals surface area contributed by atoms with Crippen LogP contribution in [-0.2, 0) is 14.3 Å². The van der Waals surface area contributed by atoms with Crippen molar-refractivity contribution in [2.45, 2.75) is 50.8 Å². The van der Waals surface area contributed by atoms with Crippen LogP contribution >= 0.6 is 0 Å². The maximum Gasteiger partial charge on any atom is 0.407 e. The smallest absolute Gasteiger partial charge is 0.407 e. The molecule has 2 aliphatic rings. The van der Waals surface area contributed by atoms with E-state index in [1.54, 1.807) is 0 Å². The first-order valence-corrected chi connectivity index (χ1v) is 11.6. The lowest BCUT2D eigenvalue weighted by molar-refractivity contribution is -0.149. The topological polar surface area (TPSA) is 116 Å². The summed E-state index contributed by atoms with van der Waals surface area (Å²) in [6.45, 7) is 3.74. The van der Waals surface area contributed by atoms with Gasteiger partial charge in [0.15, 0.2) is 0 Å². The summed E-state index contributed by atoms with van der Waals surface area (Å²) in [6, 6.07) is 14.0. The molecular formula is C26H30N2O6. The third-order valence-electron chi connectivity index (χ3n) is 6.94. The Labute approximate surface area is 198 Å². The largest absolute Gasteiger partial charge is 0.480 e. The lowest BCUT2D eigenvalue weighted by atomic mass is 9.97. The summed E-state index contributed by atoms with van der Waals surface area (Å²) >= 11 is 0. The van der Waals surface area contributed by atoms with E-state index in [-0.39, 0.29) is 31.4 Å². The zero-order chi connectivity index (χ0) is 24.4. The van der Waals surface area contributed by atoms with Gasteiger partial charge in [0.25, 0.3) is 0 Å². The van der Waals surface area contributed by atoms with E-state index in [0.29, 0.717) is 6.42 Å². The van der Waals surface area contributed by atoms with Crippen molar-refractivity contribution in [3.8, 4) is 11.1 Å². The number of hydrogen-bond donors (Lipinski definition) is 3. The number of aliphatic hydroxyl groups excluding tert-OH is 1. The van der Waals surface area contributed by atoms with E-state index < -0.39 is 36.2 Å². The average molecular weight is 467 g/mol. The molecule has 2 aromatic carbocycles. The van der Waals surface area contributed by atoms with Crippen LogP contribution in [0.4, 0.5) is 4.79 Å². The SMILES string of the molecule is CCC(C)[C@H](NC(=O)OCC1c2ccccc2-c2ccccc21)C(=O)N1CC(O)CC1C(=O)O. The van der Waals surface area contributed by atoms with E-state index in [0.717, 1.165) is 27.2 Å². The number of ether oxygens (including phenoxy) is 1. The van der Waals surface area contributed by atoms with Crippen LogP contribution in [-0.4, -0.2) is 64.4 Å². The van der Waals surface area contributed by atoms with Crippen LogP contribution in [0.15, 0.2) is 48.5 Å². The van der Waals surface area contributed by atoms with E-state index in [2.05, 4.69) is 17.4 Å². The van der Waals surface area contributed by atoms with Crippen molar-refractivity contribution in [1.82, 2.24) is 10.2 Å². The minimum Gasteiger partial charge on any atom is -0.480 e. The van der Waals surface area contributed by atoms with Crippen molar-refractivity contribution < 1.29 is 29.3 Å². The van der Waals surface area contributed by atoms with Gasteiger partial charge in [-0.2, -0.15) is 0 Å². The van der Waals surface area contributed by atoms with Gasteiger partial charge < -0.3 is 25.2 Å². The van der Waals surface area contributed by atoms with Crippen LogP contribution in [0.3, 0.4) is 0 Å². The third kappa shape index (κ3) is 4.50. The molecule has 8 heteroatoms. The number of fused-ring (bicyclic) bond motifs is 3. The number of carbonyl (C=O) groups is 3. The van der Waals surface area contributed by atoms with Crippen molar-refractivity contribution in [2.24, 2.45) is 5.92 Å². The molecule has 1 saturated heterocycles. The Hall–Kier alpha value is -3.39. The lowest BCUT2D eigenvalue weighted by Crippen LogP contribution is -2.54. The fraction of sp³-hybridized carbons (Fsp3) is 0.423. The summed E-state index contributed by atoms with van der Waals surface area (Å²) in [6.07, 6.45) is -1.07. The Bertz CT molecular complexity index is 1040.